The summed E-state index contributed by atoms with van der Waals surface area (Å²) < 4.78 is 11.2. The number of rotatable bonds is 5. The van der Waals surface area contributed by atoms with Gasteiger partial charge in [-0.15, -0.1) is 22.7 Å². The van der Waals surface area contributed by atoms with Gasteiger partial charge in [-0.25, -0.2) is 24.9 Å². The van der Waals surface area contributed by atoms with Crippen LogP contribution in [0.15, 0.2) is 168 Å². The summed E-state index contributed by atoms with van der Waals surface area (Å²) in [7, 11) is 0. The molecule has 12 rings (SSSR count). The monoisotopic (exact) mass is 765 g/mol. The highest BCUT2D eigenvalue weighted by atomic mass is 32.1. The molecule has 0 N–H and O–H groups in total. The zero-order valence-electron chi connectivity index (χ0n) is 30.0. The van der Waals surface area contributed by atoms with E-state index in [-0.39, 0.29) is 0 Å². The van der Waals surface area contributed by atoms with Gasteiger partial charge >= 0.3 is 0 Å². The molecule has 0 unspecified atom stereocenters. The maximum Gasteiger partial charge on any atom is 0.164 e. The fourth-order valence-electron chi connectivity index (χ4n) is 7.96. The van der Waals surface area contributed by atoms with E-state index in [4.69, 9.17) is 29.3 Å². The van der Waals surface area contributed by atoms with E-state index in [1.165, 1.54) is 19.5 Å². The van der Waals surface area contributed by atoms with Crippen LogP contribution in [0.2, 0.25) is 0 Å². The highest BCUT2D eigenvalue weighted by molar-refractivity contribution is 7.26. The van der Waals surface area contributed by atoms with E-state index in [0.29, 0.717) is 23.3 Å². The topological polar surface area (TPSA) is 77.6 Å². The summed E-state index contributed by atoms with van der Waals surface area (Å²) >= 11 is 3.52. The SMILES string of the molecule is c1ccc(-c2nc(-c3cccc4oc5ccc(-c6nc(-c7ccccc7)c7sc8ccccc8c7n6)cc5c34)nc(-c3cccc4sc5ccccc5c34)n2)cc1. The van der Waals surface area contributed by atoms with E-state index >= 15 is 0 Å². The number of thiophene rings is 2. The van der Waals surface area contributed by atoms with Crippen LogP contribution in [0.5, 0.6) is 0 Å². The van der Waals surface area contributed by atoms with Gasteiger partial charge in [0.1, 0.15) is 11.2 Å². The second kappa shape index (κ2) is 12.7. The first kappa shape index (κ1) is 32.1. The zero-order chi connectivity index (χ0) is 37.5. The minimum atomic E-state index is 0.572. The van der Waals surface area contributed by atoms with Crippen LogP contribution in [0.1, 0.15) is 0 Å². The third-order valence-corrected chi connectivity index (χ3v) is 12.9. The lowest BCUT2D eigenvalue weighted by molar-refractivity contribution is 0.669. The molecule has 0 atom stereocenters. The Morgan fingerprint density at radius 2 is 0.982 bits per heavy atom. The first-order chi connectivity index (χ1) is 28.2. The number of aromatic nitrogens is 5. The molecule has 7 aromatic carbocycles. The summed E-state index contributed by atoms with van der Waals surface area (Å²) in [6, 6.07) is 56.1. The van der Waals surface area contributed by atoms with Gasteiger partial charge in [0.25, 0.3) is 0 Å². The molecule has 5 aromatic heterocycles. The quantitative estimate of drug-likeness (QED) is 0.174. The molecule has 266 valence electrons. The number of furan rings is 1. The Bertz CT molecular complexity index is 3540. The smallest absolute Gasteiger partial charge is 0.164 e. The van der Waals surface area contributed by atoms with Crippen molar-refractivity contribution in [2.75, 3.05) is 0 Å². The Kier molecular flexibility index (Phi) is 7.17. The van der Waals surface area contributed by atoms with Crippen LogP contribution < -0.4 is 0 Å². The third kappa shape index (κ3) is 5.19. The molecular weight excluding hydrogens is 739 g/mol. The van der Waals surface area contributed by atoms with Gasteiger partial charge < -0.3 is 4.42 Å². The average molecular weight is 766 g/mol. The maximum atomic E-state index is 6.53. The highest BCUT2D eigenvalue weighted by Crippen LogP contribution is 2.43. The fourth-order valence-corrected chi connectivity index (χ4v) is 10.2. The van der Waals surface area contributed by atoms with Gasteiger partial charge in [0.15, 0.2) is 23.3 Å². The van der Waals surface area contributed by atoms with Crippen molar-refractivity contribution in [1.29, 1.82) is 0 Å². The van der Waals surface area contributed by atoms with Crippen molar-refractivity contribution in [1.82, 2.24) is 24.9 Å². The number of hydrogen-bond donors (Lipinski definition) is 0. The molecule has 0 saturated heterocycles. The van der Waals surface area contributed by atoms with Crippen LogP contribution in [0, 0.1) is 0 Å². The molecule has 5 heterocycles. The molecule has 0 aliphatic carbocycles. The van der Waals surface area contributed by atoms with Crippen molar-refractivity contribution < 1.29 is 4.42 Å². The number of fused-ring (bicyclic) bond motifs is 9. The fraction of sp³-hybridized carbons (Fsp3) is 0. The van der Waals surface area contributed by atoms with E-state index in [1.54, 1.807) is 22.7 Å². The second-order valence-corrected chi connectivity index (χ2v) is 16.1. The Morgan fingerprint density at radius 3 is 1.77 bits per heavy atom. The Hall–Kier alpha value is -7.13. The van der Waals surface area contributed by atoms with Gasteiger partial charge in [-0.2, -0.15) is 0 Å². The molecular formula is C49H27N5OS2. The average Bonchev–Trinajstić information content (AvgIpc) is 3.97. The minimum absolute atomic E-state index is 0.572. The van der Waals surface area contributed by atoms with E-state index in [0.717, 1.165) is 76.4 Å². The van der Waals surface area contributed by atoms with Crippen LogP contribution in [-0.2, 0) is 0 Å². The Labute approximate surface area is 333 Å². The summed E-state index contributed by atoms with van der Waals surface area (Å²) in [6.45, 7) is 0. The van der Waals surface area contributed by atoms with Gasteiger partial charge in [0.2, 0.25) is 0 Å². The van der Waals surface area contributed by atoms with Crippen molar-refractivity contribution in [2.45, 2.75) is 0 Å². The van der Waals surface area contributed by atoms with E-state index in [1.807, 2.05) is 54.6 Å². The zero-order valence-corrected chi connectivity index (χ0v) is 31.7. The molecule has 0 bridgehead atoms. The predicted molar refractivity (Wildman–Crippen MR) is 236 cm³/mol. The number of benzene rings is 7. The van der Waals surface area contributed by atoms with Crippen molar-refractivity contribution >= 4 is 85.1 Å². The highest BCUT2D eigenvalue weighted by Gasteiger charge is 2.22. The molecule has 57 heavy (non-hydrogen) atoms. The van der Waals surface area contributed by atoms with E-state index < -0.39 is 0 Å². The second-order valence-electron chi connectivity index (χ2n) is 14.0. The maximum absolute atomic E-state index is 6.53. The molecule has 0 aliphatic heterocycles. The van der Waals surface area contributed by atoms with Crippen molar-refractivity contribution in [3.8, 4) is 56.8 Å². The summed E-state index contributed by atoms with van der Waals surface area (Å²) in [6.07, 6.45) is 0. The van der Waals surface area contributed by atoms with Crippen LogP contribution in [0.25, 0.3) is 119 Å². The summed E-state index contributed by atoms with van der Waals surface area (Å²) in [5, 5.41) is 5.33. The molecule has 12 aromatic rings. The molecule has 0 amide bonds. The van der Waals surface area contributed by atoms with Gasteiger partial charge in [0, 0.05) is 68.8 Å². The first-order valence-electron chi connectivity index (χ1n) is 18.7. The Balaban J connectivity index is 1.09. The van der Waals surface area contributed by atoms with Crippen molar-refractivity contribution in [3.05, 3.63) is 164 Å². The third-order valence-electron chi connectivity index (χ3n) is 10.6. The summed E-state index contributed by atoms with van der Waals surface area (Å²) in [5.74, 6) is 2.46. The van der Waals surface area contributed by atoms with Crippen molar-refractivity contribution in [2.24, 2.45) is 0 Å². The molecule has 6 nitrogen and oxygen atoms in total. The standard InChI is InChI=1S/C49H27N5OS2/c1-3-13-28(14-4-1)43-45-44(32-18-8-10-23-39(32)57-45)51-47(50-43)30-25-26-36-35(27-30)41-33(19-11-21-37(41)55-36)48-52-46(29-15-5-2-6-16-29)53-49(54-48)34-20-12-24-40-42(34)31-17-7-9-22-38(31)56-40/h1-27H. The largest absolute Gasteiger partial charge is 0.456 e. The van der Waals surface area contributed by atoms with Crippen LogP contribution in [-0.4, -0.2) is 24.9 Å². The lowest BCUT2D eigenvalue weighted by Crippen LogP contribution is -2.00. The summed E-state index contributed by atoms with van der Waals surface area (Å²) in [5.41, 5.74) is 8.09. The van der Waals surface area contributed by atoms with Gasteiger partial charge in [-0.1, -0.05) is 121 Å². The van der Waals surface area contributed by atoms with Crippen LogP contribution in [0.3, 0.4) is 0 Å². The molecule has 8 heteroatoms. The molecule has 0 radical (unpaired) electrons. The van der Waals surface area contributed by atoms with Gasteiger partial charge in [-0.05, 0) is 42.5 Å². The van der Waals surface area contributed by atoms with Crippen molar-refractivity contribution in [3.63, 3.8) is 0 Å². The predicted octanol–water partition coefficient (Wildman–Crippen LogP) is 13.6. The van der Waals surface area contributed by atoms with Gasteiger partial charge in [0.05, 0.1) is 15.9 Å². The lowest BCUT2D eigenvalue weighted by atomic mass is 10.0. The number of nitrogens with zero attached hydrogens (tertiary/aromatic N) is 5. The van der Waals surface area contributed by atoms with Gasteiger partial charge in [-0.3, -0.25) is 0 Å². The molecule has 0 spiro atoms. The van der Waals surface area contributed by atoms with E-state index in [2.05, 4.69) is 109 Å². The number of hydrogen-bond acceptors (Lipinski definition) is 8. The molecule has 0 aliphatic rings. The minimum Gasteiger partial charge on any atom is -0.456 e. The Morgan fingerprint density at radius 1 is 0.368 bits per heavy atom. The first-order valence-corrected chi connectivity index (χ1v) is 20.3. The molecule has 0 saturated carbocycles. The lowest BCUT2D eigenvalue weighted by Gasteiger charge is -2.10. The summed E-state index contributed by atoms with van der Waals surface area (Å²) in [4.78, 5) is 26.1. The normalized spacial score (nSPS) is 11.9. The van der Waals surface area contributed by atoms with Crippen LogP contribution >= 0.6 is 22.7 Å². The van der Waals surface area contributed by atoms with E-state index in [9.17, 15) is 0 Å². The van der Waals surface area contributed by atoms with Crippen LogP contribution in [0.4, 0.5) is 0 Å². The molecule has 0 fully saturated rings.